The van der Waals surface area contributed by atoms with Gasteiger partial charge in [0, 0.05) is 43.9 Å². The first-order valence-electron chi connectivity index (χ1n) is 12.7. The highest BCUT2D eigenvalue weighted by Gasteiger charge is 2.35. The Labute approximate surface area is 236 Å². The molecule has 0 saturated heterocycles. The molecule has 0 fully saturated rings. The van der Waals surface area contributed by atoms with Crippen molar-refractivity contribution in [3.63, 3.8) is 0 Å². The minimum atomic E-state index is -1.03. The van der Waals surface area contributed by atoms with Gasteiger partial charge in [0.05, 0.1) is 46.7 Å². The zero-order chi connectivity index (χ0) is 28.9. The minimum Gasteiger partial charge on any atom is -0.465 e. The standard InChI is InChI=1S/C29H33FN4O5S/c1-29(2,3)27(34(28(35)36)11-12-38-14-13-37-4)18-5-7-21(33-17-18)25-16-22-26(40-25)24(9-10-32-22)39-23-8-6-19(31)15-20(23)30/h5-10,15-17,27H,11-14,31H2,1-4H3,(H,35,36). The van der Waals surface area contributed by atoms with Crippen LogP contribution in [0.3, 0.4) is 0 Å². The third-order valence-corrected chi connectivity index (χ3v) is 7.35. The number of pyridine rings is 2. The summed E-state index contributed by atoms with van der Waals surface area (Å²) in [6, 6.07) is 11.2. The molecule has 0 aliphatic rings. The first-order chi connectivity index (χ1) is 19.1. The highest BCUT2D eigenvalue weighted by molar-refractivity contribution is 7.22. The molecule has 0 aliphatic carbocycles. The van der Waals surface area contributed by atoms with Gasteiger partial charge in [-0.2, -0.15) is 0 Å². The van der Waals surface area contributed by atoms with Crippen molar-refractivity contribution in [3.8, 4) is 22.1 Å². The van der Waals surface area contributed by atoms with Crippen molar-refractivity contribution in [3.05, 3.63) is 66.2 Å². The summed E-state index contributed by atoms with van der Waals surface area (Å²) in [5.41, 5.74) is 7.73. The number of halogens is 1. The monoisotopic (exact) mass is 568 g/mol. The molecule has 0 aliphatic heterocycles. The van der Waals surface area contributed by atoms with Gasteiger partial charge in [0.1, 0.15) is 5.75 Å². The number of ether oxygens (including phenoxy) is 3. The van der Waals surface area contributed by atoms with E-state index in [0.717, 1.165) is 15.1 Å². The van der Waals surface area contributed by atoms with Crippen LogP contribution in [-0.4, -0.2) is 59.5 Å². The molecule has 0 bridgehead atoms. The molecule has 0 radical (unpaired) electrons. The van der Waals surface area contributed by atoms with Crippen LogP contribution in [0.25, 0.3) is 20.8 Å². The number of aromatic nitrogens is 2. The van der Waals surface area contributed by atoms with Gasteiger partial charge < -0.3 is 25.1 Å². The maximum Gasteiger partial charge on any atom is 0.407 e. The molecule has 1 atom stereocenters. The Bertz CT molecular complexity index is 1460. The molecule has 212 valence electrons. The van der Waals surface area contributed by atoms with Crippen molar-refractivity contribution in [2.75, 3.05) is 39.2 Å². The number of amides is 1. The van der Waals surface area contributed by atoms with E-state index in [9.17, 15) is 14.3 Å². The Balaban J connectivity index is 1.59. The molecule has 3 aromatic heterocycles. The van der Waals surface area contributed by atoms with Gasteiger partial charge in [-0.15, -0.1) is 11.3 Å². The fraction of sp³-hybridized carbons (Fsp3) is 0.345. The van der Waals surface area contributed by atoms with Crippen LogP contribution in [0.4, 0.5) is 14.9 Å². The van der Waals surface area contributed by atoms with Crippen LogP contribution < -0.4 is 10.5 Å². The average Bonchev–Trinajstić information content (AvgIpc) is 3.34. The van der Waals surface area contributed by atoms with Crippen molar-refractivity contribution in [1.29, 1.82) is 0 Å². The summed E-state index contributed by atoms with van der Waals surface area (Å²) in [6.07, 6.45) is 2.29. The number of nitrogen functional groups attached to an aromatic ring is 1. The number of rotatable bonds is 11. The van der Waals surface area contributed by atoms with E-state index in [1.54, 1.807) is 31.6 Å². The van der Waals surface area contributed by atoms with Crippen LogP contribution in [-0.2, 0) is 9.47 Å². The number of nitrogens with zero attached hydrogens (tertiary/aromatic N) is 3. The summed E-state index contributed by atoms with van der Waals surface area (Å²) >= 11 is 1.43. The van der Waals surface area contributed by atoms with Crippen molar-refractivity contribution >= 4 is 33.3 Å². The van der Waals surface area contributed by atoms with Crippen LogP contribution in [0, 0.1) is 11.2 Å². The number of hydrogen-bond donors (Lipinski definition) is 2. The summed E-state index contributed by atoms with van der Waals surface area (Å²) in [4.78, 5) is 23.6. The Morgan fingerprint density at radius 1 is 1.10 bits per heavy atom. The fourth-order valence-electron chi connectivity index (χ4n) is 4.44. The summed E-state index contributed by atoms with van der Waals surface area (Å²) in [7, 11) is 1.59. The second-order valence-corrected chi connectivity index (χ2v) is 11.3. The largest absolute Gasteiger partial charge is 0.465 e. The van der Waals surface area contributed by atoms with Crippen molar-refractivity contribution < 1.29 is 28.5 Å². The second kappa shape index (κ2) is 12.6. The van der Waals surface area contributed by atoms with E-state index in [2.05, 4.69) is 9.97 Å². The van der Waals surface area contributed by atoms with Crippen molar-refractivity contribution in [1.82, 2.24) is 14.9 Å². The summed E-state index contributed by atoms with van der Waals surface area (Å²) in [5.74, 6) is -0.0112. The molecule has 3 N–H and O–H groups in total. The van der Waals surface area contributed by atoms with Crippen molar-refractivity contribution in [2.24, 2.45) is 5.41 Å². The molecular formula is C29H33FN4O5S. The zero-order valence-electron chi connectivity index (χ0n) is 22.9. The van der Waals surface area contributed by atoms with Crippen LogP contribution in [0.5, 0.6) is 11.5 Å². The second-order valence-electron chi connectivity index (χ2n) is 10.3. The lowest BCUT2D eigenvalue weighted by atomic mass is 9.81. The Morgan fingerprint density at radius 3 is 2.55 bits per heavy atom. The van der Waals surface area contributed by atoms with Gasteiger partial charge in [0.25, 0.3) is 0 Å². The number of benzene rings is 1. The Hall–Kier alpha value is -3.80. The highest BCUT2D eigenvalue weighted by atomic mass is 32.1. The zero-order valence-corrected chi connectivity index (χ0v) is 23.7. The lowest BCUT2D eigenvalue weighted by Crippen LogP contribution is -2.42. The molecule has 3 heterocycles. The van der Waals surface area contributed by atoms with Crippen LogP contribution >= 0.6 is 11.3 Å². The minimum absolute atomic E-state index is 0.0689. The predicted molar refractivity (Wildman–Crippen MR) is 153 cm³/mol. The number of hydrogen-bond acceptors (Lipinski definition) is 8. The first kappa shape index (κ1) is 29.2. The van der Waals surface area contributed by atoms with E-state index in [4.69, 9.17) is 19.9 Å². The molecule has 1 unspecified atom stereocenters. The summed E-state index contributed by atoms with van der Waals surface area (Å²) in [5, 5.41) is 10.0. The van der Waals surface area contributed by atoms with Gasteiger partial charge in [-0.3, -0.25) is 14.9 Å². The smallest absolute Gasteiger partial charge is 0.407 e. The third-order valence-electron chi connectivity index (χ3n) is 6.19. The molecule has 9 nitrogen and oxygen atoms in total. The fourth-order valence-corrected chi connectivity index (χ4v) is 5.48. The number of thiophene rings is 1. The van der Waals surface area contributed by atoms with E-state index in [1.807, 2.05) is 39.0 Å². The quantitative estimate of drug-likeness (QED) is 0.153. The van der Waals surface area contributed by atoms with Gasteiger partial charge >= 0.3 is 6.09 Å². The summed E-state index contributed by atoms with van der Waals surface area (Å²) < 4.78 is 31.5. The lowest BCUT2D eigenvalue weighted by Gasteiger charge is -2.38. The Morgan fingerprint density at radius 2 is 1.90 bits per heavy atom. The van der Waals surface area contributed by atoms with Crippen molar-refractivity contribution in [2.45, 2.75) is 26.8 Å². The third kappa shape index (κ3) is 6.85. The average molecular weight is 569 g/mol. The molecule has 1 amide bonds. The Kier molecular flexibility index (Phi) is 9.18. The predicted octanol–water partition coefficient (Wildman–Crippen LogP) is 6.60. The van der Waals surface area contributed by atoms with E-state index >= 15 is 0 Å². The molecule has 11 heteroatoms. The number of fused-ring (bicyclic) bond motifs is 1. The molecule has 0 saturated carbocycles. The number of nitrogens with two attached hydrogens (primary N) is 1. The van der Waals surface area contributed by atoms with Gasteiger partial charge in [0.15, 0.2) is 11.6 Å². The number of methoxy groups -OCH3 is 1. The van der Waals surface area contributed by atoms with E-state index in [0.29, 0.717) is 35.9 Å². The van der Waals surface area contributed by atoms with Gasteiger partial charge in [0.2, 0.25) is 0 Å². The van der Waals surface area contributed by atoms with Crippen LogP contribution in [0.15, 0.2) is 54.9 Å². The molecule has 4 aromatic rings. The molecule has 1 aromatic carbocycles. The van der Waals surface area contributed by atoms with Crippen LogP contribution in [0.1, 0.15) is 32.4 Å². The van der Waals surface area contributed by atoms with Gasteiger partial charge in [-0.05, 0) is 35.2 Å². The summed E-state index contributed by atoms with van der Waals surface area (Å²) in [6.45, 7) is 7.30. The molecule has 4 rings (SSSR count). The molecule has 0 spiro atoms. The lowest BCUT2D eigenvalue weighted by molar-refractivity contribution is 0.0330. The van der Waals surface area contributed by atoms with E-state index in [1.165, 1.54) is 28.4 Å². The topological polar surface area (TPSA) is 120 Å². The number of anilines is 1. The highest BCUT2D eigenvalue weighted by Crippen LogP contribution is 2.41. The first-order valence-corrected chi connectivity index (χ1v) is 13.5. The van der Waals surface area contributed by atoms with E-state index < -0.39 is 23.4 Å². The van der Waals surface area contributed by atoms with Gasteiger partial charge in [-0.1, -0.05) is 26.8 Å². The van der Waals surface area contributed by atoms with Crippen LogP contribution in [0.2, 0.25) is 0 Å². The normalized spacial score (nSPS) is 12.4. The molecular weight excluding hydrogens is 535 g/mol. The number of carbonyl (C=O) groups is 1. The maximum absolute atomic E-state index is 14.3. The van der Waals surface area contributed by atoms with E-state index in [-0.39, 0.29) is 18.9 Å². The molecule has 40 heavy (non-hydrogen) atoms. The maximum atomic E-state index is 14.3. The number of carboxylic acid groups (broad SMARTS) is 1. The SMILES string of the molecule is COCCOCCN(C(=O)O)C(c1ccc(-c2cc3nccc(Oc4ccc(N)cc4F)c3s2)nc1)C(C)(C)C. The van der Waals surface area contributed by atoms with Gasteiger partial charge in [-0.25, -0.2) is 9.18 Å².